The van der Waals surface area contributed by atoms with Gasteiger partial charge in [-0.1, -0.05) is 64.7 Å². The lowest BCUT2D eigenvalue weighted by atomic mass is 9.85. The standard InChI is InChI=1S/2C17H27ClN2OS/c2*1-16(2,3)15(19-22(21)17(4,5)6)13-11-12(18)9-10-14(13)20(7)8/h2*9-11H,1-8H3/b2*19-15+/t2*22-/m11/s1. The molecule has 0 aliphatic heterocycles. The topological polar surface area (TPSA) is 65.3 Å². The van der Waals surface area contributed by atoms with Crippen LogP contribution < -0.4 is 9.80 Å². The van der Waals surface area contributed by atoms with Gasteiger partial charge in [0, 0.05) is 71.6 Å². The summed E-state index contributed by atoms with van der Waals surface area (Å²) in [5, 5.41) is 1.30. The summed E-state index contributed by atoms with van der Waals surface area (Å²) in [5.74, 6) is 0. The third kappa shape index (κ3) is 11.9. The second-order valence-electron chi connectivity index (χ2n) is 15.2. The Hall–Kier alpha value is -1.74. The molecular weight excluding hydrogens is 631 g/mol. The van der Waals surface area contributed by atoms with Gasteiger partial charge in [-0.25, -0.2) is 8.42 Å². The van der Waals surface area contributed by atoms with Crippen molar-refractivity contribution in [3.63, 3.8) is 0 Å². The van der Waals surface area contributed by atoms with Gasteiger partial charge in [0.1, 0.15) is 22.0 Å². The molecule has 0 saturated heterocycles. The van der Waals surface area contributed by atoms with E-state index in [1.54, 1.807) is 0 Å². The van der Waals surface area contributed by atoms with E-state index in [0.29, 0.717) is 10.0 Å². The van der Waals surface area contributed by atoms with E-state index >= 15 is 0 Å². The molecule has 2 aromatic rings. The summed E-state index contributed by atoms with van der Waals surface area (Å²) in [4.78, 5) is 4.04. The van der Waals surface area contributed by atoms with E-state index in [1.165, 1.54) is 0 Å². The van der Waals surface area contributed by atoms with Crippen LogP contribution in [0.2, 0.25) is 10.0 Å². The minimum Gasteiger partial charge on any atom is -0.377 e. The van der Waals surface area contributed by atoms with Gasteiger partial charge in [-0.05, 0) is 77.9 Å². The average Bonchev–Trinajstić information content (AvgIpc) is 2.82. The summed E-state index contributed by atoms with van der Waals surface area (Å²) in [5.41, 5.74) is 5.05. The van der Waals surface area contributed by atoms with Crippen LogP contribution in [0.1, 0.15) is 94.2 Å². The van der Waals surface area contributed by atoms with E-state index in [2.05, 4.69) is 50.3 Å². The second kappa shape index (κ2) is 15.2. The monoisotopic (exact) mass is 684 g/mol. The van der Waals surface area contributed by atoms with Gasteiger partial charge in [0.2, 0.25) is 0 Å². The predicted molar refractivity (Wildman–Crippen MR) is 199 cm³/mol. The lowest BCUT2D eigenvalue weighted by Gasteiger charge is -2.27. The Morgan fingerprint density at radius 2 is 0.841 bits per heavy atom. The van der Waals surface area contributed by atoms with Crippen molar-refractivity contribution in [2.75, 3.05) is 38.0 Å². The van der Waals surface area contributed by atoms with Crippen LogP contribution in [0.15, 0.2) is 45.2 Å². The summed E-state index contributed by atoms with van der Waals surface area (Å²) in [6, 6.07) is 11.5. The van der Waals surface area contributed by atoms with Gasteiger partial charge in [-0.3, -0.25) is 0 Å². The SMILES string of the molecule is CN(C)c1ccc(Cl)cc1/C(=N\[S@](=O)C(C)(C)C)C(C)(C)C.CN(C)c1ccc(Cl)cc1/C(=N\[S@](=O)C(C)(C)C)C(C)(C)C. The maximum atomic E-state index is 12.5. The molecule has 0 N–H and O–H groups in total. The van der Waals surface area contributed by atoms with E-state index in [9.17, 15) is 8.42 Å². The van der Waals surface area contributed by atoms with Crippen molar-refractivity contribution >= 4 is 68.0 Å². The molecule has 0 radical (unpaired) electrons. The molecule has 2 atom stereocenters. The zero-order valence-corrected chi connectivity index (χ0v) is 32.8. The molecule has 6 nitrogen and oxygen atoms in total. The summed E-state index contributed by atoms with van der Waals surface area (Å²) < 4.78 is 33.4. The van der Waals surface area contributed by atoms with E-state index in [0.717, 1.165) is 33.9 Å². The molecule has 0 aromatic heterocycles. The zero-order valence-electron chi connectivity index (χ0n) is 29.6. The molecule has 0 heterocycles. The van der Waals surface area contributed by atoms with Crippen molar-refractivity contribution in [3.05, 3.63) is 57.6 Å². The first-order valence-electron chi connectivity index (χ1n) is 14.6. The highest BCUT2D eigenvalue weighted by atomic mass is 35.5. The molecular formula is C34H54Cl2N4O2S2. The Morgan fingerprint density at radius 1 is 0.568 bits per heavy atom. The lowest BCUT2D eigenvalue weighted by molar-refractivity contribution is 0.591. The highest BCUT2D eigenvalue weighted by Crippen LogP contribution is 2.33. The van der Waals surface area contributed by atoms with Crippen LogP contribution in [0.4, 0.5) is 11.4 Å². The second-order valence-corrected chi connectivity index (χ2v) is 19.9. The maximum absolute atomic E-state index is 12.5. The molecule has 0 unspecified atom stereocenters. The van der Waals surface area contributed by atoms with Gasteiger partial charge in [-0.2, -0.15) is 8.80 Å². The van der Waals surface area contributed by atoms with Crippen LogP contribution in [0.5, 0.6) is 0 Å². The lowest BCUT2D eigenvalue weighted by Crippen LogP contribution is -2.28. The van der Waals surface area contributed by atoms with Crippen molar-refractivity contribution in [1.29, 1.82) is 0 Å². The minimum absolute atomic E-state index is 0.240. The van der Waals surface area contributed by atoms with Crippen LogP contribution in [0.25, 0.3) is 0 Å². The molecule has 10 heteroatoms. The van der Waals surface area contributed by atoms with E-state index in [-0.39, 0.29) is 10.8 Å². The maximum Gasteiger partial charge on any atom is 0.145 e. The fourth-order valence-corrected chi connectivity index (χ4v) is 5.76. The molecule has 0 bridgehead atoms. The van der Waals surface area contributed by atoms with Crippen LogP contribution in [-0.4, -0.2) is 57.5 Å². The van der Waals surface area contributed by atoms with Gasteiger partial charge in [0.15, 0.2) is 0 Å². The van der Waals surface area contributed by atoms with Crippen LogP contribution in [-0.2, 0) is 22.0 Å². The number of anilines is 2. The van der Waals surface area contributed by atoms with Gasteiger partial charge in [0.25, 0.3) is 0 Å². The van der Waals surface area contributed by atoms with Crippen molar-refractivity contribution in [3.8, 4) is 0 Å². The molecule has 0 aliphatic rings. The van der Waals surface area contributed by atoms with Gasteiger partial charge in [0.05, 0.1) is 20.9 Å². The van der Waals surface area contributed by atoms with Gasteiger partial charge >= 0.3 is 0 Å². The molecule has 0 spiro atoms. The summed E-state index contributed by atoms with van der Waals surface area (Å²) in [7, 11) is 5.29. The molecule has 2 rings (SSSR count). The van der Waals surface area contributed by atoms with Gasteiger partial charge < -0.3 is 9.80 Å². The highest BCUT2D eigenvalue weighted by Gasteiger charge is 2.29. The number of benzene rings is 2. The third-order valence-electron chi connectivity index (χ3n) is 6.21. The fraction of sp³-hybridized carbons (Fsp3) is 0.588. The Bertz CT molecular complexity index is 1300. The van der Waals surface area contributed by atoms with E-state index in [4.69, 9.17) is 23.2 Å². The summed E-state index contributed by atoms with van der Waals surface area (Å²) in [6.07, 6.45) is 0. The quantitative estimate of drug-likeness (QED) is 0.284. The first-order valence-corrected chi connectivity index (χ1v) is 17.6. The Labute approximate surface area is 282 Å². The smallest absolute Gasteiger partial charge is 0.145 e. The van der Waals surface area contributed by atoms with Crippen LogP contribution in [0.3, 0.4) is 0 Å². The molecule has 0 amide bonds. The zero-order chi connectivity index (χ0) is 34.6. The number of halogens is 2. The van der Waals surface area contributed by atoms with Crippen LogP contribution >= 0.6 is 23.2 Å². The highest BCUT2D eigenvalue weighted by molar-refractivity contribution is 7.85. The van der Waals surface area contributed by atoms with E-state index < -0.39 is 31.5 Å². The number of hydrogen-bond donors (Lipinski definition) is 0. The van der Waals surface area contributed by atoms with Crippen molar-refractivity contribution in [2.24, 2.45) is 19.6 Å². The minimum atomic E-state index is -1.32. The number of hydrogen-bond acceptors (Lipinski definition) is 4. The molecule has 0 aliphatic carbocycles. The van der Waals surface area contributed by atoms with E-state index in [1.807, 2.05) is 116 Å². The third-order valence-corrected chi connectivity index (χ3v) is 9.47. The Kier molecular flexibility index (Phi) is 13.9. The number of nitrogens with zero attached hydrogens (tertiary/aromatic N) is 4. The Morgan fingerprint density at radius 3 is 1.05 bits per heavy atom. The average molecular weight is 686 g/mol. The van der Waals surface area contributed by atoms with Crippen molar-refractivity contribution in [2.45, 2.75) is 92.6 Å². The normalized spacial score (nSPS) is 14.9. The Balaban J connectivity index is 0.000000440. The number of rotatable bonds is 6. The molecule has 44 heavy (non-hydrogen) atoms. The van der Waals surface area contributed by atoms with Crippen molar-refractivity contribution in [1.82, 2.24) is 0 Å². The predicted octanol–water partition coefficient (Wildman–Crippen LogP) is 9.41. The first kappa shape index (κ1) is 40.3. The molecule has 0 fully saturated rings. The first-order chi connectivity index (χ1) is 19.7. The largest absolute Gasteiger partial charge is 0.377 e. The summed E-state index contributed by atoms with van der Waals surface area (Å²) in [6.45, 7) is 24.0. The van der Waals surface area contributed by atoms with Crippen molar-refractivity contribution < 1.29 is 8.42 Å². The molecule has 0 saturated carbocycles. The molecule has 2 aromatic carbocycles. The summed E-state index contributed by atoms with van der Waals surface area (Å²) >= 11 is 12.4. The fourth-order valence-electron chi connectivity index (χ4n) is 3.80. The van der Waals surface area contributed by atoms with Gasteiger partial charge in [-0.15, -0.1) is 0 Å². The molecule has 248 valence electrons. The van der Waals surface area contributed by atoms with Crippen LogP contribution in [0, 0.1) is 10.8 Å².